The standard InChI is InChI=1S/C43H29F13N4Si/c1-61(2,3)23-22-26-27-14-16-29(57-27)35(24-10-6-4-7-11-24)31-18-20-33(59-31)37(38(44,45)39(46,47)40(48,49)41(50,51)42(52,53)43(54,55)56)34-21-19-32(60-34)36(25-12-8-5-9-13-25)30-17-15-28(26)58-30/h4-21,59-60H,1-3H3. The van der Waals surface area contributed by atoms with Crippen LogP contribution < -0.4 is 0 Å². The molecule has 0 radical (unpaired) electrons. The summed E-state index contributed by atoms with van der Waals surface area (Å²) in [5.74, 6) is -35.0. The van der Waals surface area contributed by atoms with Gasteiger partial charge in [0.2, 0.25) is 0 Å². The van der Waals surface area contributed by atoms with E-state index in [0.29, 0.717) is 40.2 Å². The van der Waals surface area contributed by atoms with Crippen LogP contribution in [0, 0.1) is 11.5 Å². The highest BCUT2D eigenvalue weighted by Crippen LogP contribution is 2.62. The Balaban J connectivity index is 1.66. The third-order valence-corrected chi connectivity index (χ3v) is 10.6. The summed E-state index contributed by atoms with van der Waals surface area (Å²) in [5.41, 5.74) is 0.845. The summed E-state index contributed by atoms with van der Waals surface area (Å²) in [7, 11) is -2.03. The zero-order chi connectivity index (χ0) is 44.6. The van der Waals surface area contributed by atoms with Crippen LogP contribution >= 0.6 is 0 Å². The SMILES string of the molecule is C[Si](C)(C)C#Cc1c2nc(c(-c3ccccc3)c3ccc([nH]3)c(C(F)(F)C(F)(F)C(F)(F)C(F)(F)C(F)(F)C(F)(F)F)c3ccc([nH]3)c(-c3ccccc3)c3nc1C=C3)C=C2. The van der Waals surface area contributed by atoms with E-state index < -0.39 is 60.5 Å². The molecule has 0 fully saturated rings. The molecule has 0 atom stereocenters. The second-order valence-corrected chi connectivity index (χ2v) is 19.9. The highest BCUT2D eigenvalue weighted by atomic mass is 28.3. The molecule has 5 heterocycles. The zero-order valence-electron chi connectivity index (χ0n) is 31.7. The van der Waals surface area contributed by atoms with Gasteiger partial charge in [-0.1, -0.05) is 86.2 Å². The van der Waals surface area contributed by atoms with Crippen LogP contribution in [0.5, 0.6) is 0 Å². The van der Waals surface area contributed by atoms with E-state index in [2.05, 4.69) is 21.4 Å². The van der Waals surface area contributed by atoms with E-state index in [1.165, 1.54) is 12.2 Å². The van der Waals surface area contributed by atoms with Gasteiger partial charge in [-0.3, -0.25) is 0 Å². The maximum atomic E-state index is 16.6. The van der Waals surface area contributed by atoms with Gasteiger partial charge in [0.15, 0.2) is 0 Å². The molecule has 3 aromatic heterocycles. The minimum atomic E-state index is -8.09. The van der Waals surface area contributed by atoms with E-state index in [1.807, 2.05) is 19.6 Å². The summed E-state index contributed by atoms with van der Waals surface area (Å²) in [5, 5.41) is 0. The lowest BCUT2D eigenvalue weighted by molar-refractivity contribution is -0.441. The summed E-state index contributed by atoms with van der Waals surface area (Å²) in [6.07, 6.45) is -1.28. The first kappa shape index (κ1) is 43.0. The number of benzene rings is 2. The maximum absolute atomic E-state index is 16.6. The van der Waals surface area contributed by atoms with Crippen molar-refractivity contribution >= 4 is 54.4 Å². The van der Waals surface area contributed by atoms with Crippen molar-refractivity contribution < 1.29 is 57.1 Å². The zero-order valence-corrected chi connectivity index (χ0v) is 32.7. The van der Waals surface area contributed by atoms with E-state index in [0.717, 1.165) is 12.1 Å². The number of alkyl halides is 13. The molecule has 316 valence electrons. The van der Waals surface area contributed by atoms with Crippen molar-refractivity contribution in [3.63, 3.8) is 0 Å². The molecule has 8 bridgehead atoms. The third kappa shape index (κ3) is 7.11. The largest absolute Gasteiger partial charge is 0.460 e. The quantitative estimate of drug-likeness (QED) is 0.0952. The van der Waals surface area contributed by atoms with E-state index in [4.69, 9.17) is 9.97 Å². The number of nitrogens with one attached hydrogen (secondary N) is 2. The lowest BCUT2D eigenvalue weighted by Crippen LogP contribution is -2.69. The molecule has 0 aliphatic carbocycles. The van der Waals surface area contributed by atoms with Gasteiger partial charge in [0, 0.05) is 22.2 Å². The molecule has 0 spiro atoms. The smallest absolute Gasteiger partial charge is 0.354 e. The maximum Gasteiger partial charge on any atom is 0.460 e. The summed E-state index contributed by atoms with van der Waals surface area (Å²) < 4.78 is 191. The lowest BCUT2D eigenvalue weighted by Gasteiger charge is -2.39. The first-order valence-corrected chi connectivity index (χ1v) is 21.6. The van der Waals surface area contributed by atoms with Gasteiger partial charge in [-0.05, 0) is 59.7 Å². The Morgan fingerprint density at radius 2 is 0.836 bits per heavy atom. The molecule has 2 aliphatic heterocycles. The Labute approximate surface area is 338 Å². The molecule has 0 saturated heterocycles. The van der Waals surface area contributed by atoms with Crippen LogP contribution in [-0.4, -0.2) is 57.9 Å². The second kappa shape index (κ2) is 14.5. The number of fused-ring (bicyclic) bond motifs is 8. The Kier molecular flexibility index (Phi) is 10.2. The predicted molar refractivity (Wildman–Crippen MR) is 210 cm³/mol. The monoisotopic (exact) mass is 876 g/mol. The van der Waals surface area contributed by atoms with Crippen molar-refractivity contribution in [3.8, 4) is 33.7 Å². The Morgan fingerprint density at radius 3 is 1.23 bits per heavy atom. The van der Waals surface area contributed by atoms with Crippen molar-refractivity contribution in [3.05, 3.63) is 119 Å². The van der Waals surface area contributed by atoms with Gasteiger partial charge < -0.3 is 9.97 Å². The highest BCUT2D eigenvalue weighted by molar-refractivity contribution is 6.83. The molecular formula is C43H29F13N4Si. The molecule has 2 N–H and O–H groups in total. The normalized spacial score (nSPS) is 14.0. The van der Waals surface area contributed by atoms with Gasteiger partial charge in [0.25, 0.3) is 0 Å². The minimum absolute atomic E-state index is 0.127. The topological polar surface area (TPSA) is 57.4 Å². The van der Waals surface area contributed by atoms with Crippen LogP contribution in [0.15, 0.2) is 84.9 Å². The molecular weight excluding hydrogens is 848 g/mol. The Hall–Kier alpha value is -6.09. The van der Waals surface area contributed by atoms with E-state index in [-0.39, 0.29) is 33.5 Å². The fraction of sp³-hybridized carbons (Fsp3) is 0.209. The molecule has 5 aromatic rings. The number of aromatic amines is 2. The molecule has 0 amide bonds. The van der Waals surface area contributed by atoms with Crippen molar-refractivity contribution in [2.24, 2.45) is 0 Å². The van der Waals surface area contributed by atoms with Gasteiger partial charge in [0.1, 0.15) is 8.07 Å². The molecule has 61 heavy (non-hydrogen) atoms. The van der Waals surface area contributed by atoms with Crippen LogP contribution in [-0.2, 0) is 5.92 Å². The van der Waals surface area contributed by atoms with Crippen LogP contribution in [0.25, 0.3) is 68.6 Å². The fourth-order valence-electron chi connectivity index (χ4n) is 6.67. The van der Waals surface area contributed by atoms with Crippen molar-refractivity contribution in [2.75, 3.05) is 0 Å². The minimum Gasteiger partial charge on any atom is -0.354 e. The summed E-state index contributed by atoms with van der Waals surface area (Å²) >= 11 is 0. The molecule has 0 saturated carbocycles. The number of nitrogens with zero attached hydrogens (tertiary/aromatic N) is 2. The van der Waals surface area contributed by atoms with Crippen LogP contribution in [0.1, 0.15) is 33.9 Å². The van der Waals surface area contributed by atoms with E-state index >= 15 is 26.3 Å². The molecule has 2 aliphatic rings. The first-order valence-electron chi connectivity index (χ1n) is 18.1. The Morgan fingerprint density at radius 1 is 0.459 bits per heavy atom. The third-order valence-electron chi connectivity index (χ3n) is 9.69. The number of hydrogen-bond acceptors (Lipinski definition) is 2. The number of rotatable bonds is 7. The van der Waals surface area contributed by atoms with Gasteiger partial charge in [-0.25, -0.2) is 9.97 Å². The highest BCUT2D eigenvalue weighted by Gasteiger charge is 2.91. The number of H-pyrrole nitrogens is 2. The molecule has 18 heteroatoms. The van der Waals surface area contributed by atoms with Crippen LogP contribution in [0.2, 0.25) is 19.6 Å². The van der Waals surface area contributed by atoms with Gasteiger partial charge >= 0.3 is 35.8 Å². The fourth-order valence-corrected chi connectivity index (χ4v) is 7.17. The van der Waals surface area contributed by atoms with Gasteiger partial charge in [0.05, 0.1) is 44.9 Å². The predicted octanol–water partition coefficient (Wildman–Crippen LogP) is 13.4. The number of halogens is 13. The van der Waals surface area contributed by atoms with Crippen molar-refractivity contribution in [1.82, 2.24) is 19.9 Å². The summed E-state index contributed by atoms with van der Waals surface area (Å²) in [4.78, 5) is 14.5. The van der Waals surface area contributed by atoms with Crippen molar-refractivity contribution in [1.29, 1.82) is 0 Å². The molecule has 7 rings (SSSR count). The summed E-state index contributed by atoms with van der Waals surface area (Å²) in [6.45, 7) is 6.06. The van der Waals surface area contributed by atoms with E-state index in [9.17, 15) is 30.7 Å². The number of aromatic nitrogens is 4. The first-order chi connectivity index (χ1) is 28.3. The lowest BCUT2D eigenvalue weighted by atomic mass is 9.90. The van der Waals surface area contributed by atoms with E-state index in [1.54, 1.807) is 72.8 Å². The molecule has 4 nitrogen and oxygen atoms in total. The second-order valence-electron chi connectivity index (χ2n) is 15.1. The molecule has 2 aromatic carbocycles. The van der Waals surface area contributed by atoms with Crippen molar-refractivity contribution in [2.45, 2.75) is 55.4 Å². The molecule has 0 unspecified atom stereocenters. The average molecular weight is 877 g/mol. The number of hydrogen-bond donors (Lipinski definition) is 2. The van der Waals surface area contributed by atoms with Gasteiger partial charge in [-0.15, -0.1) is 5.54 Å². The van der Waals surface area contributed by atoms with Crippen LogP contribution in [0.3, 0.4) is 0 Å². The van der Waals surface area contributed by atoms with Crippen LogP contribution in [0.4, 0.5) is 57.1 Å². The van der Waals surface area contributed by atoms with Gasteiger partial charge in [-0.2, -0.15) is 57.1 Å². The average Bonchev–Trinajstić information content (AvgIpc) is 4.02. The Bertz CT molecular complexity index is 2680. The summed E-state index contributed by atoms with van der Waals surface area (Å²) in [6, 6.07) is 19.5.